The van der Waals surface area contributed by atoms with Crippen LogP contribution in [0.15, 0.2) is 40.9 Å². The molecule has 20 heavy (non-hydrogen) atoms. The van der Waals surface area contributed by atoms with Crippen molar-refractivity contribution in [3.8, 4) is 11.5 Å². The van der Waals surface area contributed by atoms with Crippen LogP contribution in [0.1, 0.15) is 12.5 Å². The molecule has 0 radical (unpaired) electrons. The van der Waals surface area contributed by atoms with Gasteiger partial charge in [0.15, 0.2) is 11.6 Å². The molecule has 1 atom stereocenters. The van der Waals surface area contributed by atoms with E-state index in [1.165, 1.54) is 24.3 Å². The van der Waals surface area contributed by atoms with Crippen molar-refractivity contribution in [1.29, 1.82) is 0 Å². The monoisotopic (exact) mass is 341 g/mol. The number of benzene rings is 2. The van der Waals surface area contributed by atoms with Crippen LogP contribution in [0.4, 0.5) is 8.78 Å². The predicted molar refractivity (Wildman–Crippen MR) is 77.9 cm³/mol. The highest BCUT2D eigenvalue weighted by Gasteiger charge is 2.10. The van der Waals surface area contributed by atoms with Crippen LogP contribution in [-0.2, 0) is 6.42 Å². The molecule has 2 aromatic rings. The predicted octanol–water partition coefficient (Wildman–Crippen LogP) is 4.41. The number of rotatable bonds is 4. The molecule has 0 saturated heterocycles. The lowest BCUT2D eigenvalue weighted by atomic mass is 10.1. The number of ether oxygens (including phenoxy) is 1. The molecule has 0 amide bonds. The zero-order valence-corrected chi connectivity index (χ0v) is 12.5. The molecular weight excluding hydrogens is 328 g/mol. The first-order valence-electron chi connectivity index (χ1n) is 6.12. The molecular formula is C15H14BrF2NO. The Morgan fingerprint density at radius 3 is 2.45 bits per heavy atom. The molecule has 0 fully saturated rings. The Kier molecular flexibility index (Phi) is 4.73. The molecule has 0 heterocycles. The topological polar surface area (TPSA) is 35.2 Å². The summed E-state index contributed by atoms with van der Waals surface area (Å²) in [4.78, 5) is 0. The van der Waals surface area contributed by atoms with Crippen molar-refractivity contribution in [1.82, 2.24) is 0 Å². The minimum atomic E-state index is -0.473. The third-order valence-electron chi connectivity index (χ3n) is 2.67. The number of nitrogens with two attached hydrogens (primary N) is 1. The van der Waals surface area contributed by atoms with Crippen LogP contribution in [0.5, 0.6) is 11.5 Å². The van der Waals surface area contributed by atoms with E-state index in [4.69, 9.17) is 10.5 Å². The molecule has 106 valence electrons. The quantitative estimate of drug-likeness (QED) is 0.893. The minimum Gasteiger partial charge on any atom is -0.453 e. The van der Waals surface area contributed by atoms with Gasteiger partial charge in [0.2, 0.25) is 0 Å². The van der Waals surface area contributed by atoms with Gasteiger partial charge in [-0.05, 0) is 65.2 Å². The van der Waals surface area contributed by atoms with Crippen LogP contribution in [0.25, 0.3) is 0 Å². The first-order valence-corrected chi connectivity index (χ1v) is 6.92. The molecule has 2 nitrogen and oxygen atoms in total. The fourth-order valence-corrected chi connectivity index (χ4v) is 2.23. The van der Waals surface area contributed by atoms with Crippen LogP contribution < -0.4 is 10.5 Å². The van der Waals surface area contributed by atoms with Crippen LogP contribution in [0.3, 0.4) is 0 Å². The lowest BCUT2D eigenvalue weighted by Gasteiger charge is -2.11. The van der Waals surface area contributed by atoms with E-state index in [0.717, 1.165) is 5.56 Å². The normalized spacial score (nSPS) is 12.2. The Balaban J connectivity index is 2.21. The summed E-state index contributed by atoms with van der Waals surface area (Å²) in [7, 11) is 0. The number of halogens is 3. The molecule has 0 aliphatic carbocycles. The average Bonchev–Trinajstić information content (AvgIpc) is 2.34. The zero-order chi connectivity index (χ0) is 14.7. The van der Waals surface area contributed by atoms with Crippen LogP contribution >= 0.6 is 15.9 Å². The van der Waals surface area contributed by atoms with E-state index in [-0.39, 0.29) is 11.8 Å². The van der Waals surface area contributed by atoms with Crippen molar-refractivity contribution in [2.24, 2.45) is 5.73 Å². The Bertz CT molecular complexity index is 617. The Hall–Kier alpha value is -1.46. The van der Waals surface area contributed by atoms with Crippen LogP contribution in [0, 0.1) is 11.6 Å². The van der Waals surface area contributed by atoms with E-state index >= 15 is 0 Å². The lowest BCUT2D eigenvalue weighted by molar-refractivity contribution is 0.438. The van der Waals surface area contributed by atoms with Crippen molar-refractivity contribution in [3.05, 3.63) is 58.1 Å². The Morgan fingerprint density at radius 2 is 1.85 bits per heavy atom. The largest absolute Gasteiger partial charge is 0.453 e. The SMILES string of the molecule is CC(N)Cc1ccc(Oc2ccc(F)cc2Br)c(F)c1. The van der Waals surface area contributed by atoms with Crippen molar-refractivity contribution in [3.63, 3.8) is 0 Å². The van der Waals surface area contributed by atoms with E-state index in [9.17, 15) is 8.78 Å². The van der Waals surface area contributed by atoms with Gasteiger partial charge in [0.25, 0.3) is 0 Å². The maximum atomic E-state index is 13.9. The Morgan fingerprint density at radius 1 is 1.15 bits per heavy atom. The second-order valence-electron chi connectivity index (χ2n) is 4.62. The third-order valence-corrected chi connectivity index (χ3v) is 3.29. The summed E-state index contributed by atoms with van der Waals surface area (Å²) in [6.45, 7) is 1.86. The summed E-state index contributed by atoms with van der Waals surface area (Å²) in [6, 6.07) is 8.62. The van der Waals surface area contributed by atoms with Crippen molar-refractivity contribution >= 4 is 15.9 Å². The van der Waals surface area contributed by atoms with E-state index in [2.05, 4.69) is 15.9 Å². The second kappa shape index (κ2) is 6.33. The van der Waals surface area contributed by atoms with Gasteiger partial charge in [-0.25, -0.2) is 8.78 Å². The summed E-state index contributed by atoms with van der Waals surface area (Å²) in [5.41, 5.74) is 6.48. The number of hydrogen-bond acceptors (Lipinski definition) is 2. The Labute approximate surface area is 124 Å². The highest BCUT2D eigenvalue weighted by Crippen LogP contribution is 2.31. The smallest absolute Gasteiger partial charge is 0.165 e. The molecule has 0 spiro atoms. The van der Waals surface area contributed by atoms with E-state index in [1.54, 1.807) is 12.1 Å². The van der Waals surface area contributed by atoms with Crippen LogP contribution in [-0.4, -0.2) is 6.04 Å². The summed E-state index contributed by atoms with van der Waals surface area (Å²) in [5.74, 6) is -0.424. The van der Waals surface area contributed by atoms with Gasteiger partial charge in [-0.2, -0.15) is 0 Å². The lowest BCUT2D eigenvalue weighted by Crippen LogP contribution is -2.17. The first kappa shape index (κ1) is 14.9. The maximum absolute atomic E-state index is 13.9. The standard InChI is InChI=1S/C15H14BrF2NO/c1-9(19)6-10-2-4-15(13(18)7-10)20-14-5-3-11(17)8-12(14)16/h2-5,7-9H,6,19H2,1H3. The fourth-order valence-electron chi connectivity index (χ4n) is 1.80. The molecule has 0 saturated carbocycles. The average molecular weight is 342 g/mol. The van der Waals surface area contributed by atoms with E-state index in [0.29, 0.717) is 16.6 Å². The minimum absolute atomic E-state index is 0.0348. The third kappa shape index (κ3) is 3.77. The maximum Gasteiger partial charge on any atom is 0.165 e. The molecule has 2 N–H and O–H groups in total. The first-order chi connectivity index (χ1) is 9.45. The zero-order valence-electron chi connectivity index (χ0n) is 10.9. The van der Waals surface area contributed by atoms with Gasteiger partial charge < -0.3 is 10.5 Å². The van der Waals surface area contributed by atoms with Gasteiger partial charge in [-0.3, -0.25) is 0 Å². The molecule has 0 bridgehead atoms. The summed E-state index contributed by atoms with van der Waals surface area (Å²) in [6.07, 6.45) is 0.595. The highest BCUT2D eigenvalue weighted by molar-refractivity contribution is 9.10. The summed E-state index contributed by atoms with van der Waals surface area (Å²) >= 11 is 3.17. The van der Waals surface area contributed by atoms with E-state index in [1.807, 2.05) is 6.92 Å². The fraction of sp³-hybridized carbons (Fsp3) is 0.200. The molecule has 2 aromatic carbocycles. The van der Waals surface area contributed by atoms with Gasteiger partial charge in [-0.1, -0.05) is 6.07 Å². The van der Waals surface area contributed by atoms with Gasteiger partial charge >= 0.3 is 0 Å². The second-order valence-corrected chi connectivity index (χ2v) is 5.48. The molecule has 0 aromatic heterocycles. The molecule has 1 unspecified atom stereocenters. The van der Waals surface area contributed by atoms with Crippen molar-refractivity contribution in [2.45, 2.75) is 19.4 Å². The summed E-state index contributed by atoms with van der Waals surface area (Å²) in [5, 5.41) is 0. The van der Waals surface area contributed by atoms with Crippen LogP contribution in [0.2, 0.25) is 0 Å². The van der Waals surface area contributed by atoms with Crippen molar-refractivity contribution < 1.29 is 13.5 Å². The van der Waals surface area contributed by atoms with Gasteiger partial charge in [0.05, 0.1) is 4.47 Å². The van der Waals surface area contributed by atoms with E-state index < -0.39 is 11.6 Å². The molecule has 0 aliphatic rings. The molecule has 2 rings (SSSR count). The van der Waals surface area contributed by atoms with Gasteiger partial charge in [0.1, 0.15) is 11.6 Å². The molecule has 5 heteroatoms. The van der Waals surface area contributed by atoms with Gasteiger partial charge in [-0.15, -0.1) is 0 Å². The highest BCUT2D eigenvalue weighted by atomic mass is 79.9. The van der Waals surface area contributed by atoms with Crippen molar-refractivity contribution in [2.75, 3.05) is 0 Å². The summed E-state index contributed by atoms with van der Waals surface area (Å²) < 4.78 is 32.8. The molecule has 0 aliphatic heterocycles. The van der Waals surface area contributed by atoms with Gasteiger partial charge in [0, 0.05) is 6.04 Å². The number of hydrogen-bond donors (Lipinski definition) is 1.